The van der Waals surface area contributed by atoms with Crippen molar-refractivity contribution in [1.29, 1.82) is 0 Å². The number of hydrogen-bond acceptors (Lipinski definition) is 11. The Hall–Kier alpha value is -0.440. The van der Waals surface area contributed by atoms with E-state index in [0.29, 0.717) is 0 Å². The van der Waals surface area contributed by atoms with Crippen molar-refractivity contribution in [3.63, 3.8) is 0 Å². The van der Waals surface area contributed by atoms with Crippen LogP contribution in [0, 0.1) is 5.92 Å². The highest BCUT2D eigenvalue weighted by Crippen LogP contribution is 2.27. The minimum absolute atomic E-state index is 0.0399. The molecule has 180 valence electrons. The lowest BCUT2D eigenvalue weighted by molar-refractivity contribution is -0.289. The predicted molar refractivity (Wildman–Crippen MR) is 103 cm³/mol. The molecule has 11 heteroatoms. The van der Waals surface area contributed by atoms with Crippen LogP contribution in [0.15, 0.2) is 0 Å². The van der Waals surface area contributed by atoms with Crippen LogP contribution in [0.25, 0.3) is 0 Å². The Labute approximate surface area is 176 Å². The molecule has 0 radical (unpaired) electrons. The zero-order valence-electron chi connectivity index (χ0n) is 18.1. The topological polar surface area (TPSA) is 179 Å². The average Bonchev–Trinajstić information content (AvgIpc) is 2.68. The Morgan fingerprint density at radius 2 is 1.30 bits per heavy atom. The average molecular weight is 443 g/mol. The Morgan fingerprint density at radius 1 is 0.733 bits per heavy atom. The van der Waals surface area contributed by atoms with E-state index in [9.17, 15) is 30.6 Å². The first-order valence-electron chi connectivity index (χ1n) is 10.2. The zero-order chi connectivity index (χ0) is 23.2. The maximum Gasteiger partial charge on any atom is 0.184 e. The molecule has 11 nitrogen and oxygen atoms in total. The van der Waals surface area contributed by atoms with Crippen molar-refractivity contribution in [3.05, 3.63) is 0 Å². The molecule has 2 saturated heterocycles. The first-order valence-corrected chi connectivity index (χ1v) is 10.2. The SMILES string of the molecule is CC(C)OC1C(C)C(O)OC(CO)C1O.CC(C)OCC1OC(O)C(O)C(O)C1O. The lowest BCUT2D eigenvalue weighted by Gasteiger charge is -2.41. The van der Waals surface area contributed by atoms with Gasteiger partial charge in [0.15, 0.2) is 12.6 Å². The van der Waals surface area contributed by atoms with Crippen molar-refractivity contribution in [2.75, 3.05) is 13.2 Å². The van der Waals surface area contributed by atoms with Crippen LogP contribution in [0.1, 0.15) is 34.6 Å². The van der Waals surface area contributed by atoms with E-state index in [0.717, 1.165) is 0 Å². The van der Waals surface area contributed by atoms with Crippen LogP contribution >= 0.6 is 0 Å². The first-order chi connectivity index (χ1) is 13.9. The summed E-state index contributed by atoms with van der Waals surface area (Å²) in [6.07, 6.45) is -9.79. The molecule has 0 aromatic heterocycles. The molecular weight excluding hydrogens is 404 g/mol. The summed E-state index contributed by atoms with van der Waals surface area (Å²) in [5.41, 5.74) is 0. The second-order valence-electron chi connectivity index (χ2n) is 8.17. The summed E-state index contributed by atoms with van der Waals surface area (Å²) in [4.78, 5) is 0. The van der Waals surface area contributed by atoms with E-state index in [-0.39, 0.29) is 31.3 Å². The molecule has 2 aliphatic rings. The van der Waals surface area contributed by atoms with Crippen LogP contribution in [0.4, 0.5) is 0 Å². The predicted octanol–water partition coefficient (Wildman–Crippen LogP) is -2.30. The number of aliphatic hydroxyl groups is 7. The van der Waals surface area contributed by atoms with Gasteiger partial charge in [-0.05, 0) is 27.7 Å². The van der Waals surface area contributed by atoms with Gasteiger partial charge in [-0.25, -0.2) is 0 Å². The molecule has 0 spiro atoms. The summed E-state index contributed by atoms with van der Waals surface area (Å²) in [5, 5.41) is 65.6. The Bertz CT molecular complexity index is 477. The molecule has 0 aliphatic carbocycles. The molecule has 10 unspecified atom stereocenters. The van der Waals surface area contributed by atoms with E-state index in [4.69, 9.17) is 24.1 Å². The number of ether oxygens (including phenoxy) is 4. The van der Waals surface area contributed by atoms with Gasteiger partial charge >= 0.3 is 0 Å². The number of rotatable bonds is 6. The molecule has 0 aromatic carbocycles. The van der Waals surface area contributed by atoms with Gasteiger partial charge in [-0.2, -0.15) is 0 Å². The Kier molecular flexibility index (Phi) is 11.6. The molecule has 30 heavy (non-hydrogen) atoms. The number of hydrogen-bond donors (Lipinski definition) is 7. The molecule has 0 aromatic rings. The van der Waals surface area contributed by atoms with Gasteiger partial charge in [0, 0.05) is 5.92 Å². The lowest BCUT2D eigenvalue weighted by atomic mass is 9.92. The summed E-state index contributed by atoms with van der Waals surface area (Å²) in [6.45, 7) is 8.81. The molecule has 0 amide bonds. The van der Waals surface area contributed by atoms with Crippen LogP contribution in [0.5, 0.6) is 0 Å². The molecule has 2 aliphatic heterocycles. The smallest absolute Gasteiger partial charge is 0.184 e. The third kappa shape index (κ3) is 7.61. The molecule has 2 rings (SSSR count). The normalized spacial score (nSPS) is 42.2. The van der Waals surface area contributed by atoms with Gasteiger partial charge in [-0.1, -0.05) is 6.92 Å². The quantitative estimate of drug-likeness (QED) is 0.235. The van der Waals surface area contributed by atoms with Crippen LogP contribution < -0.4 is 0 Å². The molecule has 0 saturated carbocycles. The van der Waals surface area contributed by atoms with Crippen LogP contribution in [0.2, 0.25) is 0 Å². The van der Waals surface area contributed by atoms with Crippen LogP contribution in [-0.4, -0.2) is 116 Å². The second kappa shape index (κ2) is 12.6. The van der Waals surface area contributed by atoms with Crippen LogP contribution in [-0.2, 0) is 18.9 Å². The van der Waals surface area contributed by atoms with Gasteiger partial charge in [-0.3, -0.25) is 0 Å². The van der Waals surface area contributed by atoms with Gasteiger partial charge in [0.05, 0.1) is 31.5 Å². The molecule has 2 fully saturated rings. The van der Waals surface area contributed by atoms with Crippen molar-refractivity contribution >= 4 is 0 Å². The molecular formula is C19H38O11. The third-order valence-corrected chi connectivity index (χ3v) is 4.89. The van der Waals surface area contributed by atoms with Crippen molar-refractivity contribution in [2.24, 2.45) is 5.92 Å². The minimum Gasteiger partial charge on any atom is -0.394 e. The van der Waals surface area contributed by atoms with Crippen LogP contribution in [0.3, 0.4) is 0 Å². The highest BCUT2D eigenvalue weighted by molar-refractivity contribution is 4.89. The number of aliphatic hydroxyl groups excluding tert-OH is 7. The lowest BCUT2D eigenvalue weighted by Crippen LogP contribution is -2.58. The van der Waals surface area contributed by atoms with E-state index < -0.39 is 55.3 Å². The maximum absolute atomic E-state index is 9.84. The Morgan fingerprint density at radius 3 is 1.80 bits per heavy atom. The first kappa shape index (κ1) is 27.6. The highest BCUT2D eigenvalue weighted by atomic mass is 16.6. The van der Waals surface area contributed by atoms with Gasteiger partial charge in [-0.15, -0.1) is 0 Å². The second-order valence-corrected chi connectivity index (χ2v) is 8.17. The molecule has 10 atom stereocenters. The van der Waals surface area contributed by atoms with Gasteiger partial charge < -0.3 is 54.7 Å². The minimum atomic E-state index is -1.50. The van der Waals surface area contributed by atoms with E-state index in [1.807, 2.05) is 27.7 Å². The summed E-state index contributed by atoms with van der Waals surface area (Å²) in [7, 11) is 0. The summed E-state index contributed by atoms with van der Waals surface area (Å²) >= 11 is 0. The fourth-order valence-corrected chi connectivity index (χ4v) is 3.09. The summed E-state index contributed by atoms with van der Waals surface area (Å²) < 4.78 is 20.7. The monoisotopic (exact) mass is 442 g/mol. The van der Waals surface area contributed by atoms with Crippen molar-refractivity contribution in [1.82, 2.24) is 0 Å². The van der Waals surface area contributed by atoms with E-state index in [2.05, 4.69) is 0 Å². The largest absolute Gasteiger partial charge is 0.394 e. The zero-order valence-corrected chi connectivity index (χ0v) is 18.1. The van der Waals surface area contributed by atoms with Gasteiger partial charge in [0.2, 0.25) is 0 Å². The van der Waals surface area contributed by atoms with Crippen molar-refractivity contribution < 1.29 is 54.7 Å². The molecule has 0 bridgehead atoms. The van der Waals surface area contributed by atoms with E-state index in [1.165, 1.54) is 0 Å². The third-order valence-electron chi connectivity index (χ3n) is 4.89. The van der Waals surface area contributed by atoms with Gasteiger partial charge in [0.25, 0.3) is 0 Å². The van der Waals surface area contributed by atoms with Crippen molar-refractivity contribution in [3.8, 4) is 0 Å². The standard InChI is InChI=1S/C10H20O5.C9H18O6/c1-5(2)14-9-6(3)10(13)15-7(4-11)8(9)12;1-4(2)14-3-5-6(10)7(11)8(12)9(13)15-5/h5-13H,4H2,1-3H3;4-13H,3H2,1-2H3. The maximum atomic E-state index is 9.84. The van der Waals surface area contributed by atoms with Gasteiger partial charge in [0.1, 0.15) is 36.6 Å². The van der Waals surface area contributed by atoms with Crippen molar-refractivity contribution in [2.45, 2.75) is 102 Å². The molecule has 2 heterocycles. The summed E-state index contributed by atoms with van der Waals surface area (Å²) in [6, 6.07) is 0. The molecule has 7 N–H and O–H groups in total. The van der Waals surface area contributed by atoms with E-state index in [1.54, 1.807) is 6.92 Å². The highest BCUT2D eigenvalue weighted by Gasteiger charge is 2.44. The summed E-state index contributed by atoms with van der Waals surface area (Å²) in [5.74, 6) is -0.315. The van der Waals surface area contributed by atoms with E-state index >= 15 is 0 Å². The fraction of sp³-hybridized carbons (Fsp3) is 1.00. The Balaban J connectivity index is 0.000000300. The fourth-order valence-electron chi connectivity index (χ4n) is 3.09.